The molecule has 1 aliphatic carbocycles. The second-order valence-corrected chi connectivity index (χ2v) is 4.97. The van der Waals surface area contributed by atoms with Crippen LogP contribution in [0.1, 0.15) is 50.4 Å². The van der Waals surface area contributed by atoms with Crippen LogP contribution in [0.15, 0.2) is 6.07 Å². The number of aryl methyl sites for hydroxylation is 1. The summed E-state index contributed by atoms with van der Waals surface area (Å²) >= 11 is 0. The van der Waals surface area contributed by atoms with E-state index in [1.165, 1.54) is 19.3 Å². The minimum absolute atomic E-state index is 0.206. The molecule has 0 aliphatic heterocycles. The van der Waals surface area contributed by atoms with Gasteiger partial charge in [0.1, 0.15) is 17.9 Å². The molecule has 0 spiro atoms. The Morgan fingerprint density at radius 3 is 3.00 bits per heavy atom. The number of aromatic nitrogens is 2. The van der Waals surface area contributed by atoms with Gasteiger partial charge in [0, 0.05) is 5.69 Å². The molecule has 18 heavy (non-hydrogen) atoms. The van der Waals surface area contributed by atoms with E-state index in [1.807, 2.05) is 13.0 Å². The highest BCUT2D eigenvalue weighted by molar-refractivity contribution is 5.23. The van der Waals surface area contributed by atoms with Crippen molar-refractivity contribution in [1.29, 1.82) is 5.26 Å². The third-order valence-electron chi connectivity index (χ3n) is 3.53. The summed E-state index contributed by atoms with van der Waals surface area (Å²) in [6.45, 7) is 4.08. The lowest BCUT2D eigenvalue weighted by atomic mass is 9.85. The van der Waals surface area contributed by atoms with Gasteiger partial charge in [-0.3, -0.25) is 0 Å². The average molecular weight is 245 g/mol. The van der Waals surface area contributed by atoms with Gasteiger partial charge in [-0.25, -0.2) is 4.98 Å². The van der Waals surface area contributed by atoms with Crippen molar-refractivity contribution in [2.75, 3.05) is 0 Å². The van der Waals surface area contributed by atoms with Crippen LogP contribution in [0.2, 0.25) is 0 Å². The van der Waals surface area contributed by atoms with Gasteiger partial charge in [0.15, 0.2) is 0 Å². The molecule has 96 valence electrons. The van der Waals surface area contributed by atoms with Crippen LogP contribution in [0.5, 0.6) is 6.01 Å². The highest BCUT2D eigenvalue weighted by atomic mass is 16.5. The Labute approximate surface area is 108 Å². The molecular formula is C14H19N3O. The van der Waals surface area contributed by atoms with Crippen LogP contribution in [-0.4, -0.2) is 16.1 Å². The van der Waals surface area contributed by atoms with Gasteiger partial charge in [0.05, 0.1) is 0 Å². The molecule has 1 aromatic rings. The lowest BCUT2D eigenvalue weighted by Crippen LogP contribution is -2.26. The molecule has 0 saturated heterocycles. The fourth-order valence-electron chi connectivity index (χ4n) is 2.52. The predicted octanol–water partition coefficient (Wildman–Crippen LogP) is 3.00. The summed E-state index contributed by atoms with van der Waals surface area (Å²) in [5, 5.41) is 8.88. The number of hydrogen-bond acceptors (Lipinski definition) is 4. The summed E-state index contributed by atoms with van der Waals surface area (Å²) in [7, 11) is 0. The fraction of sp³-hybridized carbons (Fsp3) is 0.643. The van der Waals surface area contributed by atoms with Crippen molar-refractivity contribution >= 4 is 0 Å². The third-order valence-corrected chi connectivity index (χ3v) is 3.53. The van der Waals surface area contributed by atoms with E-state index in [0.717, 1.165) is 24.5 Å². The fourth-order valence-corrected chi connectivity index (χ4v) is 2.52. The van der Waals surface area contributed by atoms with Crippen LogP contribution in [0.4, 0.5) is 0 Å². The molecule has 2 rings (SSSR count). The maximum atomic E-state index is 8.88. The van der Waals surface area contributed by atoms with Gasteiger partial charge in [-0.1, -0.05) is 19.8 Å². The smallest absolute Gasteiger partial charge is 0.318 e. The second kappa shape index (κ2) is 5.81. The number of nitrogens with zero attached hydrogens (tertiary/aromatic N) is 3. The summed E-state index contributed by atoms with van der Waals surface area (Å²) in [4.78, 5) is 8.34. The van der Waals surface area contributed by atoms with E-state index in [9.17, 15) is 0 Å². The van der Waals surface area contributed by atoms with Crippen LogP contribution in [0.3, 0.4) is 0 Å². The standard InChI is InChI=1S/C14H19N3O/c1-3-11-5-4-6-13(8-11)18-14-16-10(2)7-12(9-15)17-14/h7,11,13H,3-6,8H2,1-2H3. The summed E-state index contributed by atoms with van der Waals surface area (Å²) in [6.07, 6.45) is 6.06. The quantitative estimate of drug-likeness (QED) is 0.821. The van der Waals surface area contributed by atoms with Gasteiger partial charge in [0.25, 0.3) is 0 Å². The van der Waals surface area contributed by atoms with Gasteiger partial charge in [-0.05, 0) is 38.2 Å². The van der Waals surface area contributed by atoms with E-state index < -0.39 is 0 Å². The SMILES string of the molecule is CCC1CCCC(Oc2nc(C)cc(C#N)n2)C1. The first-order valence-electron chi connectivity index (χ1n) is 6.63. The molecule has 4 nitrogen and oxygen atoms in total. The van der Waals surface area contributed by atoms with Crippen molar-refractivity contribution in [3.63, 3.8) is 0 Å². The van der Waals surface area contributed by atoms with Crippen molar-refractivity contribution in [3.05, 3.63) is 17.5 Å². The van der Waals surface area contributed by atoms with E-state index in [4.69, 9.17) is 10.00 Å². The Kier molecular flexibility index (Phi) is 4.14. The van der Waals surface area contributed by atoms with Gasteiger partial charge in [-0.2, -0.15) is 10.2 Å². The average Bonchev–Trinajstić information content (AvgIpc) is 2.38. The van der Waals surface area contributed by atoms with Crippen LogP contribution in [0.25, 0.3) is 0 Å². The maximum absolute atomic E-state index is 8.88. The lowest BCUT2D eigenvalue weighted by molar-refractivity contribution is 0.111. The first-order valence-corrected chi connectivity index (χ1v) is 6.63. The molecular weight excluding hydrogens is 226 g/mol. The van der Waals surface area contributed by atoms with Crippen molar-refractivity contribution in [2.24, 2.45) is 5.92 Å². The van der Waals surface area contributed by atoms with E-state index in [2.05, 4.69) is 16.9 Å². The van der Waals surface area contributed by atoms with Gasteiger partial charge < -0.3 is 4.74 Å². The normalized spacial score (nSPS) is 23.4. The van der Waals surface area contributed by atoms with Crippen LogP contribution in [0, 0.1) is 24.2 Å². The topological polar surface area (TPSA) is 58.8 Å². The van der Waals surface area contributed by atoms with Gasteiger partial charge in [-0.15, -0.1) is 0 Å². The molecule has 2 atom stereocenters. The van der Waals surface area contributed by atoms with Crippen molar-refractivity contribution in [3.8, 4) is 12.1 Å². The summed E-state index contributed by atoms with van der Waals surface area (Å²) in [5.41, 5.74) is 1.15. The number of ether oxygens (including phenoxy) is 1. The molecule has 0 aromatic carbocycles. The minimum atomic E-state index is 0.206. The summed E-state index contributed by atoms with van der Waals surface area (Å²) in [5.74, 6) is 0.754. The molecule has 1 saturated carbocycles. The van der Waals surface area contributed by atoms with E-state index in [0.29, 0.717) is 11.7 Å². The van der Waals surface area contributed by atoms with E-state index in [-0.39, 0.29) is 6.10 Å². The zero-order valence-electron chi connectivity index (χ0n) is 11.0. The molecule has 1 aromatic heterocycles. The number of nitriles is 1. The molecule has 4 heteroatoms. The Morgan fingerprint density at radius 2 is 2.28 bits per heavy atom. The lowest BCUT2D eigenvalue weighted by Gasteiger charge is -2.28. The monoisotopic (exact) mass is 245 g/mol. The van der Waals surface area contributed by atoms with Crippen molar-refractivity contribution < 1.29 is 4.74 Å². The van der Waals surface area contributed by atoms with Crippen molar-refractivity contribution in [1.82, 2.24) is 9.97 Å². The third kappa shape index (κ3) is 3.19. The van der Waals surface area contributed by atoms with Crippen molar-refractivity contribution in [2.45, 2.75) is 52.1 Å². The van der Waals surface area contributed by atoms with E-state index >= 15 is 0 Å². The number of rotatable bonds is 3. The summed E-state index contributed by atoms with van der Waals surface area (Å²) in [6, 6.07) is 4.06. The zero-order valence-corrected chi connectivity index (χ0v) is 11.0. The highest BCUT2D eigenvalue weighted by Gasteiger charge is 2.23. The Hall–Kier alpha value is -1.63. The minimum Gasteiger partial charge on any atom is -0.460 e. The number of hydrogen-bond donors (Lipinski definition) is 0. The van der Waals surface area contributed by atoms with Crippen LogP contribution < -0.4 is 4.74 Å². The van der Waals surface area contributed by atoms with Gasteiger partial charge in [0.2, 0.25) is 0 Å². The molecule has 1 heterocycles. The van der Waals surface area contributed by atoms with Crippen LogP contribution >= 0.6 is 0 Å². The predicted molar refractivity (Wildman–Crippen MR) is 68.1 cm³/mol. The first-order chi connectivity index (χ1) is 8.71. The van der Waals surface area contributed by atoms with Crippen LogP contribution in [-0.2, 0) is 0 Å². The highest BCUT2D eigenvalue weighted by Crippen LogP contribution is 2.28. The largest absolute Gasteiger partial charge is 0.460 e. The molecule has 0 N–H and O–H groups in total. The Balaban J connectivity index is 2.05. The Morgan fingerprint density at radius 1 is 1.44 bits per heavy atom. The van der Waals surface area contributed by atoms with Gasteiger partial charge >= 0.3 is 6.01 Å². The molecule has 0 bridgehead atoms. The van der Waals surface area contributed by atoms with E-state index in [1.54, 1.807) is 6.07 Å². The zero-order chi connectivity index (χ0) is 13.0. The second-order valence-electron chi connectivity index (χ2n) is 4.97. The molecule has 0 radical (unpaired) electrons. The molecule has 1 fully saturated rings. The summed E-state index contributed by atoms with van der Waals surface area (Å²) < 4.78 is 5.84. The first kappa shape index (κ1) is 12.8. The molecule has 1 aliphatic rings. The molecule has 0 amide bonds. The maximum Gasteiger partial charge on any atom is 0.318 e. The Bertz CT molecular complexity index is 453. The molecule has 2 unspecified atom stereocenters.